The van der Waals surface area contributed by atoms with Crippen LogP contribution in [0.5, 0.6) is 0 Å². The number of carbonyl (C=O) groups is 3. The minimum Gasteiger partial charge on any atom is -0.475 e. The van der Waals surface area contributed by atoms with Gasteiger partial charge in [-0.1, -0.05) is 0 Å². The van der Waals surface area contributed by atoms with E-state index in [-0.39, 0.29) is 11.3 Å². The Morgan fingerprint density at radius 3 is 2.17 bits per heavy atom. The lowest BCUT2D eigenvalue weighted by Gasteiger charge is -2.28. The van der Waals surface area contributed by atoms with E-state index < -0.39 is 24.3 Å². The van der Waals surface area contributed by atoms with Gasteiger partial charge in [-0.15, -0.1) is 0 Å². The average molecular weight is 611 g/mol. The summed E-state index contributed by atoms with van der Waals surface area (Å²) in [5, 5.41) is 14.2. The molecule has 2 aliphatic heterocycles. The third-order valence-corrected chi connectivity index (χ3v) is 7.38. The van der Waals surface area contributed by atoms with Gasteiger partial charge in [0, 0.05) is 56.4 Å². The number of imidazole rings is 1. The first kappa shape index (κ1) is 32.9. The van der Waals surface area contributed by atoms with Crippen LogP contribution >= 0.6 is 0 Å². The molecule has 2 unspecified atom stereocenters. The van der Waals surface area contributed by atoms with Crippen LogP contribution in [0.25, 0.3) is 0 Å². The maximum atomic E-state index is 13.6. The minimum absolute atomic E-state index is 0.163. The number of halogens is 6. The van der Waals surface area contributed by atoms with E-state index in [1.165, 1.54) is 18.4 Å². The van der Waals surface area contributed by atoms with Crippen molar-refractivity contribution in [2.24, 2.45) is 11.3 Å². The molecule has 3 aliphatic rings. The number of carboxylic acid groups (broad SMARTS) is 2. The summed E-state index contributed by atoms with van der Waals surface area (Å²) in [6, 6.07) is 2.40. The second-order valence-corrected chi connectivity index (χ2v) is 10.9. The fourth-order valence-electron chi connectivity index (χ4n) is 5.07. The lowest BCUT2D eigenvalue weighted by molar-refractivity contribution is -0.193. The first-order valence-corrected chi connectivity index (χ1v) is 13.1. The zero-order valence-corrected chi connectivity index (χ0v) is 22.9. The number of alkyl halides is 6. The number of furan rings is 1. The first-order valence-electron chi connectivity index (χ1n) is 13.1. The summed E-state index contributed by atoms with van der Waals surface area (Å²) < 4.78 is 70.9. The molecule has 1 saturated carbocycles. The predicted octanol–water partition coefficient (Wildman–Crippen LogP) is 4.55. The van der Waals surface area contributed by atoms with Crippen LogP contribution in [0.4, 0.5) is 26.3 Å². The van der Waals surface area contributed by atoms with Gasteiger partial charge < -0.3 is 24.1 Å². The summed E-state index contributed by atoms with van der Waals surface area (Å²) in [5.41, 5.74) is 1.92. The predicted molar refractivity (Wildman–Crippen MR) is 133 cm³/mol. The van der Waals surface area contributed by atoms with Crippen molar-refractivity contribution in [2.75, 3.05) is 26.2 Å². The van der Waals surface area contributed by atoms with Crippen molar-refractivity contribution in [3.05, 3.63) is 42.4 Å². The zero-order valence-electron chi connectivity index (χ0n) is 22.9. The number of hydrogen-bond donors (Lipinski definition) is 2. The summed E-state index contributed by atoms with van der Waals surface area (Å²) >= 11 is 0. The highest BCUT2D eigenvalue weighted by Crippen LogP contribution is 2.50. The summed E-state index contributed by atoms with van der Waals surface area (Å²) in [6.07, 6.45) is 0.963. The van der Waals surface area contributed by atoms with Crippen LogP contribution in [0.15, 0.2) is 35.5 Å². The van der Waals surface area contributed by atoms with E-state index in [0.29, 0.717) is 11.9 Å². The van der Waals surface area contributed by atoms with Gasteiger partial charge in [0.1, 0.15) is 0 Å². The quantitative estimate of drug-likeness (QED) is 0.456. The van der Waals surface area contributed by atoms with Crippen LogP contribution in [0.2, 0.25) is 0 Å². The molecule has 0 bridgehead atoms. The minimum atomic E-state index is -5.08. The van der Waals surface area contributed by atoms with Gasteiger partial charge in [-0.25, -0.2) is 14.6 Å². The molecule has 2 saturated heterocycles. The van der Waals surface area contributed by atoms with E-state index in [9.17, 15) is 31.1 Å². The molecule has 0 aromatic carbocycles. The number of hydrogen-bond acceptors (Lipinski definition) is 6. The fourth-order valence-corrected chi connectivity index (χ4v) is 5.07. The Balaban J connectivity index is 0.000000289. The van der Waals surface area contributed by atoms with Gasteiger partial charge in [-0.2, -0.15) is 26.3 Å². The smallest absolute Gasteiger partial charge is 0.475 e. The molecule has 10 nitrogen and oxygen atoms in total. The highest BCUT2D eigenvalue weighted by Gasteiger charge is 2.58. The molecule has 42 heavy (non-hydrogen) atoms. The van der Waals surface area contributed by atoms with Gasteiger partial charge in [-0.05, 0) is 45.1 Å². The third kappa shape index (κ3) is 8.26. The van der Waals surface area contributed by atoms with Crippen molar-refractivity contribution < 1.29 is 55.4 Å². The molecule has 1 aliphatic carbocycles. The van der Waals surface area contributed by atoms with Crippen molar-refractivity contribution in [2.45, 2.75) is 64.0 Å². The van der Waals surface area contributed by atoms with Crippen molar-refractivity contribution in [3.8, 4) is 0 Å². The molecule has 2 atom stereocenters. The molecule has 2 aromatic heterocycles. The normalized spacial score (nSPS) is 22.6. The molecule has 4 heterocycles. The highest BCUT2D eigenvalue weighted by atomic mass is 19.4. The summed E-state index contributed by atoms with van der Waals surface area (Å²) in [7, 11) is 0. The summed E-state index contributed by atoms with van der Waals surface area (Å²) in [4.78, 5) is 40.7. The van der Waals surface area contributed by atoms with Gasteiger partial charge in [0.15, 0.2) is 0 Å². The lowest BCUT2D eigenvalue weighted by atomic mass is 9.75. The van der Waals surface area contributed by atoms with Gasteiger partial charge in [0.05, 0.1) is 30.0 Å². The molecular formula is C26H32F6N4O6. The molecular weight excluding hydrogens is 578 g/mol. The van der Waals surface area contributed by atoms with Crippen LogP contribution in [0.1, 0.15) is 56.3 Å². The zero-order chi connectivity index (χ0) is 31.5. The number of likely N-dealkylation sites (tertiary alicyclic amines) is 2. The Hall–Kier alpha value is -3.56. The van der Waals surface area contributed by atoms with Gasteiger partial charge in [-0.3, -0.25) is 9.69 Å². The first-order chi connectivity index (χ1) is 19.4. The van der Waals surface area contributed by atoms with Crippen molar-refractivity contribution in [1.29, 1.82) is 0 Å². The number of carboxylic acids is 2. The van der Waals surface area contributed by atoms with E-state index >= 15 is 0 Å². The van der Waals surface area contributed by atoms with Crippen molar-refractivity contribution in [1.82, 2.24) is 19.4 Å². The Bertz CT molecular complexity index is 1200. The van der Waals surface area contributed by atoms with E-state index in [1.54, 1.807) is 6.26 Å². The maximum Gasteiger partial charge on any atom is 0.490 e. The monoisotopic (exact) mass is 610 g/mol. The van der Waals surface area contributed by atoms with E-state index in [0.717, 1.165) is 50.8 Å². The molecule has 3 fully saturated rings. The van der Waals surface area contributed by atoms with E-state index in [4.69, 9.17) is 29.2 Å². The van der Waals surface area contributed by atoms with Crippen LogP contribution in [-0.4, -0.2) is 85.9 Å². The Kier molecular flexibility index (Phi) is 10.0. The van der Waals surface area contributed by atoms with E-state index in [2.05, 4.69) is 34.4 Å². The fraction of sp³-hybridized carbons (Fsp3) is 0.615. The van der Waals surface area contributed by atoms with Gasteiger partial charge in [0.2, 0.25) is 5.91 Å². The summed E-state index contributed by atoms with van der Waals surface area (Å²) in [5.74, 6) is -4.25. The van der Waals surface area contributed by atoms with Gasteiger partial charge >= 0.3 is 24.3 Å². The van der Waals surface area contributed by atoms with Crippen LogP contribution in [0.3, 0.4) is 0 Å². The molecule has 234 valence electrons. The number of rotatable bonds is 6. The molecule has 5 rings (SSSR count). The average Bonchev–Trinajstić information content (AvgIpc) is 3.26. The highest BCUT2D eigenvalue weighted by molar-refractivity contribution is 5.87. The maximum absolute atomic E-state index is 13.6. The van der Waals surface area contributed by atoms with Gasteiger partial charge in [0.25, 0.3) is 0 Å². The van der Waals surface area contributed by atoms with Crippen LogP contribution in [-0.2, 0) is 20.9 Å². The molecule has 2 aromatic rings. The molecule has 16 heteroatoms. The topological polar surface area (TPSA) is 129 Å². The number of aliphatic carboxylic acids is 2. The van der Waals surface area contributed by atoms with Crippen LogP contribution < -0.4 is 0 Å². The van der Waals surface area contributed by atoms with Crippen molar-refractivity contribution >= 4 is 17.8 Å². The Morgan fingerprint density at radius 1 is 1.12 bits per heavy atom. The Labute approximate surface area is 236 Å². The molecule has 2 N–H and O–H groups in total. The number of nitrogens with zero attached hydrogens (tertiary/aromatic N) is 4. The number of amides is 1. The molecule has 1 spiro atoms. The second-order valence-electron chi connectivity index (χ2n) is 10.9. The lowest BCUT2D eigenvalue weighted by Crippen LogP contribution is -2.40. The Morgan fingerprint density at radius 2 is 1.71 bits per heavy atom. The number of aromatic nitrogens is 2. The largest absolute Gasteiger partial charge is 0.490 e. The number of carbonyl (C=O) groups excluding carboxylic acids is 1. The summed E-state index contributed by atoms with van der Waals surface area (Å²) in [6.45, 7) is 8.71. The molecule has 0 radical (unpaired) electrons. The molecule has 1 amide bonds. The SMILES string of the molecule is CC(C)n1cnc(C2CN(Cc3ccoc3)CC23CCN(CC2CC2)C3=O)c1.O=C(O)C(F)(F)F.O=C(O)C(F)(F)F. The van der Waals surface area contributed by atoms with Crippen LogP contribution in [0, 0.1) is 11.3 Å². The third-order valence-electron chi connectivity index (χ3n) is 7.38. The standard InChI is InChI=1S/C22H30N4O2.2C2HF3O2/c1-16(2)26-12-20(23-15-26)19-11-24(9-18-5-8-28-13-18)14-22(19)6-7-25(21(22)27)10-17-3-4-17;2*3-2(4,5)1(6)7/h5,8,12-13,15-17,19H,3-4,6-7,9-11,14H2,1-2H3;2*(H,6,7). The van der Waals surface area contributed by atoms with E-state index in [1.807, 2.05) is 18.7 Å². The van der Waals surface area contributed by atoms with Crippen molar-refractivity contribution in [3.63, 3.8) is 0 Å². The second kappa shape index (κ2) is 12.8.